The molecular weight excluding hydrogens is 230 g/mol. The second-order valence-corrected chi connectivity index (χ2v) is 3.98. The predicted octanol–water partition coefficient (Wildman–Crippen LogP) is 3.05. The summed E-state index contributed by atoms with van der Waals surface area (Å²) < 4.78 is 0.891. The minimum absolute atomic E-state index is 0.491. The highest BCUT2D eigenvalue weighted by Gasteiger charge is 2.03. The Hall–Kier alpha value is -0.830. The Morgan fingerprint density at radius 2 is 2.15 bits per heavy atom. The van der Waals surface area contributed by atoms with E-state index in [1.165, 1.54) is 5.56 Å². The highest BCUT2D eigenvalue weighted by molar-refractivity contribution is 9.10. The lowest BCUT2D eigenvalue weighted by Crippen LogP contribution is -1.96. The second-order valence-electron chi connectivity index (χ2n) is 3.12. The summed E-state index contributed by atoms with van der Waals surface area (Å²) in [7, 11) is 0. The van der Waals surface area contributed by atoms with Crippen LogP contribution in [-0.4, -0.2) is 6.41 Å². The smallest absolute Gasteiger partial charge is 0.314 e. The first-order chi connectivity index (χ1) is 6.15. The molecule has 1 radical (unpaired) electrons. The van der Waals surface area contributed by atoms with Gasteiger partial charge in [0.2, 0.25) is 0 Å². The Balaban J connectivity index is 2.98. The number of benzene rings is 1. The van der Waals surface area contributed by atoms with E-state index in [0.717, 1.165) is 10.2 Å². The third-order valence-corrected chi connectivity index (χ3v) is 2.50. The largest absolute Gasteiger partial charge is 0.317 e. The van der Waals surface area contributed by atoms with Gasteiger partial charge >= 0.3 is 6.41 Å². The molecule has 0 aromatic heterocycles. The van der Waals surface area contributed by atoms with E-state index in [1.807, 2.05) is 18.2 Å². The molecule has 3 heteroatoms. The van der Waals surface area contributed by atoms with E-state index in [0.29, 0.717) is 5.92 Å². The monoisotopic (exact) mass is 240 g/mol. The fraction of sp³-hybridized carbons (Fsp3) is 0.300. The maximum Gasteiger partial charge on any atom is 0.314 e. The average Bonchev–Trinajstić information content (AvgIpc) is 2.08. The molecule has 0 aliphatic heterocycles. The predicted molar refractivity (Wildman–Crippen MR) is 57.5 cm³/mol. The van der Waals surface area contributed by atoms with Crippen LogP contribution in [0.5, 0.6) is 0 Å². The second kappa shape index (κ2) is 4.42. The molecule has 0 atom stereocenters. The Morgan fingerprint density at radius 3 is 2.62 bits per heavy atom. The van der Waals surface area contributed by atoms with E-state index in [4.69, 9.17) is 0 Å². The zero-order chi connectivity index (χ0) is 9.84. The number of carbonyl (C=O) groups excluding carboxylic acids is 1. The van der Waals surface area contributed by atoms with Gasteiger partial charge in [0, 0.05) is 4.47 Å². The average molecular weight is 241 g/mol. The van der Waals surface area contributed by atoms with E-state index in [1.54, 1.807) is 6.41 Å². The minimum atomic E-state index is 0.491. The molecule has 0 fully saturated rings. The highest BCUT2D eigenvalue weighted by atomic mass is 79.9. The Morgan fingerprint density at radius 1 is 1.46 bits per heavy atom. The van der Waals surface area contributed by atoms with E-state index >= 15 is 0 Å². The fourth-order valence-electron chi connectivity index (χ4n) is 1.05. The highest BCUT2D eigenvalue weighted by Crippen LogP contribution is 2.26. The zero-order valence-electron chi connectivity index (χ0n) is 7.60. The molecular formula is C10H11BrNO. The van der Waals surface area contributed by atoms with E-state index in [9.17, 15) is 4.79 Å². The molecule has 13 heavy (non-hydrogen) atoms. The van der Waals surface area contributed by atoms with Crippen LogP contribution in [0, 0.1) is 0 Å². The Bertz CT molecular complexity index is 310. The van der Waals surface area contributed by atoms with Crippen molar-refractivity contribution in [2.24, 2.45) is 0 Å². The van der Waals surface area contributed by atoms with Crippen LogP contribution in [0.1, 0.15) is 25.3 Å². The van der Waals surface area contributed by atoms with Gasteiger partial charge in [0.15, 0.2) is 0 Å². The zero-order valence-corrected chi connectivity index (χ0v) is 9.18. The third kappa shape index (κ3) is 2.56. The van der Waals surface area contributed by atoms with Gasteiger partial charge in [-0.2, -0.15) is 0 Å². The summed E-state index contributed by atoms with van der Waals surface area (Å²) >= 11 is 3.38. The molecule has 0 heterocycles. The first-order valence-corrected chi connectivity index (χ1v) is 4.87. The van der Waals surface area contributed by atoms with Crippen LogP contribution < -0.4 is 5.32 Å². The lowest BCUT2D eigenvalue weighted by molar-refractivity contribution is 0.561. The van der Waals surface area contributed by atoms with Crippen molar-refractivity contribution < 1.29 is 4.79 Å². The number of hydrogen-bond acceptors (Lipinski definition) is 1. The molecule has 0 aliphatic rings. The number of anilines is 1. The quantitative estimate of drug-likeness (QED) is 0.809. The van der Waals surface area contributed by atoms with Crippen molar-refractivity contribution in [3.05, 3.63) is 28.2 Å². The summed E-state index contributed by atoms with van der Waals surface area (Å²) in [5.41, 5.74) is 1.99. The van der Waals surface area contributed by atoms with Crippen molar-refractivity contribution in [3.63, 3.8) is 0 Å². The van der Waals surface area contributed by atoms with E-state index in [-0.39, 0.29) is 0 Å². The molecule has 0 aliphatic carbocycles. The summed E-state index contributed by atoms with van der Waals surface area (Å²) in [6.45, 7) is 4.25. The first-order valence-electron chi connectivity index (χ1n) is 4.07. The van der Waals surface area contributed by atoms with Crippen molar-refractivity contribution in [3.8, 4) is 0 Å². The summed E-state index contributed by atoms with van der Waals surface area (Å²) in [5, 5.41) is 2.49. The van der Waals surface area contributed by atoms with Gasteiger partial charge in [0.25, 0.3) is 0 Å². The number of hydrogen-bond donors (Lipinski definition) is 1. The number of halogens is 1. The molecule has 69 valence electrons. The molecule has 0 unspecified atom stereocenters. The summed E-state index contributed by atoms with van der Waals surface area (Å²) in [6, 6.07) is 5.86. The normalized spacial score (nSPS) is 10.2. The lowest BCUT2D eigenvalue weighted by atomic mass is 10.0. The number of amides is 1. The van der Waals surface area contributed by atoms with Crippen LogP contribution in [0.2, 0.25) is 0 Å². The molecule has 0 bridgehead atoms. The standard InChI is InChI=1S/C10H11BrNO/c1-7(2)8-3-4-10(12-6-13)9(11)5-8/h3-5,7H,1-2H3,(H,12,13). The Kier molecular flexibility index (Phi) is 3.48. The summed E-state index contributed by atoms with van der Waals surface area (Å²) in [5.74, 6) is 0.491. The van der Waals surface area contributed by atoms with Gasteiger partial charge in [-0.3, -0.25) is 4.79 Å². The number of rotatable bonds is 3. The first kappa shape index (κ1) is 10.3. The van der Waals surface area contributed by atoms with Gasteiger partial charge in [0.1, 0.15) is 0 Å². The van der Waals surface area contributed by atoms with Crippen LogP contribution in [0.3, 0.4) is 0 Å². The summed E-state index contributed by atoms with van der Waals surface area (Å²) in [6.07, 6.45) is 1.64. The van der Waals surface area contributed by atoms with Crippen LogP contribution >= 0.6 is 15.9 Å². The van der Waals surface area contributed by atoms with Crippen LogP contribution in [0.25, 0.3) is 0 Å². The molecule has 2 nitrogen and oxygen atoms in total. The molecule has 1 rings (SSSR count). The van der Waals surface area contributed by atoms with Gasteiger partial charge in [-0.1, -0.05) is 19.9 Å². The Labute approximate surface area is 86.5 Å². The molecule has 0 saturated heterocycles. The van der Waals surface area contributed by atoms with Crippen LogP contribution in [-0.2, 0) is 4.79 Å². The third-order valence-electron chi connectivity index (χ3n) is 1.85. The molecule has 1 aromatic carbocycles. The van der Waals surface area contributed by atoms with Gasteiger partial charge in [-0.25, -0.2) is 0 Å². The van der Waals surface area contributed by atoms with Crippen molar-refractivity contribution >= 4 is 28.0 Å². The lowest BCUT2D eigenvalue weighted by Gasteiger charge is -2.08. The van der Waals surface area contributed by atoms with E-state index in [2.05, 4.69) is 35.1 Å². The van der Waals surface area contributed by atoms with Gasteiger partial charge < -0.3 is 5.32 Å². The molecule has 0 spiro atoms. The topological polar surface area (TPSA) is 29.1 Å². The maximum absolute atomic E-state index is 10.1. The van der Waals surface area contributed by atoms with Crippen LogP contribution in [0.15, 0.2) is 22.7 Å². The molecule has 1 aromatic rings. The molecule has 1 amide bonds. The van der Waals surface area contributed by atoms with E-state index < -0.39 is 0 Å². The fourth-order valence-corrected chi connectivity index (χ4v) is 1.54. The van der Waals surface area contributed by atoms with Crippen molar-refractivity contribution in [2.75, 3.05) is 5.32 Å². The molecule has 1 N–H and O–H groups in total. The number of nitrogens with one attached hydrogen (secondary N) is 1. The van der Waals surface area contributed by atoms with Crippen molar-refractivity contribution in [1.29, 1.82) is 0 Å². The van der Waals surface area contributed by atoms with Gasteiger partial charge in [-0.05, 0) is 39.5 Å². The van der Waals surface area contributed by atoms with Gasteiger partial charge in [-0.15, -0.1) is 0 Å². The maximum atomic E-state index is 10.1. The van der Waals surface area contributed by atoms with Crippen LogP contribution in [0.4, 0.5) is 5.69 Å². The SMILES string of the molecule is CC(C)c1ccc(N[C]=O)c(Br)c1. The van der Waals surface area contributed by atoms with Gasteiger partial charge in [0.05, 0.1) is 5.69 Å². The van der Waals surface area contributed by atoms with Crippen molar-refractivity contribution in [1.82, 2.24) is 0 Å². The summed E-state index contributed by atoms with van der Waals surface area (Å²) in [4.78, 5) is 10.1. The minimum Gasteiger partial charge on any atom is -0.317 e. The van der Waals surface area contributed by atoms with Crippen molar-refractivity contribution in [2.45, 2.75) is 19.8 Å². The molecule has 0 saturated carbocycles.